The molecule has 1 aliphatic rings. The van der Waals surface area contributed by atoms with Gasteiger partial charge in [-0.05, 0) is 41.6 Å². The number of rotatable bonds is 6. The lowest BCUT2D eigenvalue weighted by molar-refractivity contribution is -0.116. The molecule has 2 aromatic carbocycles. The number of amides is 1. The van der Waals surface area contributed by atoms with E-state index in [4.69, 9.17) is 0 Å². The molecule has 0 aliphatic heterocycles. The lowest BCUT2D eigenvalue weighted by Gasteiger charge is -2.22. The van der Waals surface area contributed by atoms with E-state index < -0.39 is 0 Å². The van der Waals surface area contributed by atoms with Crippen LogP contribution in [-0.4, -0.2) is 38.4 Å². The molecule has 0 unspecified atom stereocenters. The summed E-state index contributed by atoms with van der Waals surface area (Å²) in [4.78, 5) is 14.7. The van der Waals surface area contributed by atoms with Gasteiger partial charge in [0, 0.05) is 11.9 Å². The smallest absolute Gasteiger partial charge is 0.237 e. The zero-order valence-corrected chi connectivity index (χ0v) is 14.8. The highest BCUT2D eigenvalue weighted by Gasteiger charge is 2.28. The van der Waals surface area contributed by atoms with Crippen LogP contribution in [0.5, 0.6) is 0 Å². The molecule has 1 saturated carbocycles. The number of thioether (sulfide) groups is 1. The second kappa shape index (κ2) is 6.84. The van der Waals surface area contributed by atoms with Gasteiger partial charge in [-0.3, -0.25) is 4.79 Å². The van der Waals surface area contributed by atoms with E-state index in [1.807, 2.05) is 40.8 Å². The summed E-state index contributed by atoms with van der Waals surface area (Å²) < 4.78 is 1.84. The SMILES string of the molecule is CCN(C(=O)CSc1nnnn1C1CC1)c1cccc2ccccc12. The van der Waals surface area contributed by atoms with Gasteiger partial charge in [0.25, 0.3) is 0 Å². The van der Waals surface area contributed by atoms with Gasteiger partial charge in [-0.2, -0.15) is 0 Å². The highest BCUT2D eigenvalue weighted by molar-refractivity contribution is 7.99. The van der Waals surface area contributed by atoms with Gasteiger partial charge in [0.2, 0.25) is 11.1 Å². The summed E-state index contributed by atoms with van der Waals surface area (Å²) in [6.45, 7) is 2.62. The molecular formula is C18H19N5OS. The number of hydrogen-bond acceptors (Lipinski definition) is 5. The quantitative estimate of drug-likeness (QED) is 0.636. The third kappa shape index (κ3) is 3.24. The predicted octanol–water partition coefficient (Wildman–Crippen LogP) is 3.31. The summed E-state index contributed by atoms with van der Waals surface area (Å²) in [6, 6.07) is 14.6. The standard InChI is InChI=1S/C18H19N5OS/c1-2-22(16-9-5-7-13-6-3-4-8-15(13)16)17(24)12-25-18-19-20-21-23(18)14-10-11-14/h3-9,14H,2,10-12H2,1H3. The van der Waals surface area contributed by atoms with E-state index >= 15 is 0 Å². The Kier molecular flexibility index (Phi) is 4.40. The van der Waals surface area contributed by atoms with Crippen LogP contribution < -0.4 is 4.90 Å². The number of carbonyl (C=O) groups excluding carboxylic acids is 1. The van der Waals surface area contributed by atoms with Gasteiger partial charge in [0.1, 0.15) is 0 Å². The van der Waals surface area contributed by atoms with E-state index in [0.717, 1.165) is 34.5 Å². The van der Waals surface area contributed by atoms with Crippen LogP contribution >= 0.6 is 11.8 Å². The Morgan fingerprint density at radius 1 is 1.24 bits per heavy atom. The van der Waals surface area contributed by atoms with Crippen molar-refractivity contribution in [2.75, 3.05) is 17.2 Å². The molecule has 1 fully saturated rings. The highest BCUT2D eigenvalue weighted by Crippen LogP contribution is 2.36. The molecule has 0 saturated heterocycles. The van der Waals surface area contributed by atoms with Gasteiger partial charge >= 0.3 is 0 Å². The van der Waals surface area contributed by atoms with Crippen molar-refractivity contribution in [2.24, 2.45) is 0 Å². The summed E-state index contributed by atoms with van der Waals surface area (Å²) in [5.41, 5.74) is 0.952. The van der Waals surface area contributed by atoms with E-state index in [9.17, 15) is 4.79 Å². The zero-order chi connectivity index (χ0) is 17.2. The molecule has 0 radical (unpaired) electrons. The van der Waals surface area contributed by atoms with E-state index in [1.165, 1.54) is 11.8 Å². The minimum atomic E-state index is 0.0641. The number of nitrogens with zero attached hydrogens (tertiary/aromatic N) is 5. The first-order chi connectivity index (χ1) is 12.3. The molecule has 1 aliphatic carbocycles. The Hall–Kier alpha value is -2.41. The number of tetrazole rings is 1. The number of aromatic nitrogens is 4. The van der Waals surface area contributed by atoms with Gasteiger partial charge in [-0.25, -0.2) is 4.68 Å². The van der Waals surface area contributed by atoms with Crippen LogP contribution in [0.4, 0.5) is 5.69 Å². The van der Waals surface area contributed by atoms with Gasteiger partial charge in [-0.15, -0.1) is 5.10 Å². The highest BCUT2D eigenvalue weighted by atomic mass is 32.2. The summed E-state index contributed by atoms with van der Waals surface area (Å²) >= 11 is 1.41. The first kappa shape index (κ1) is 16.1. The van der Waals surface area contributed by atoms with Crippen LogP contribution in [-0.2, 0) is 4.79 Å². The maximum absolute atomic E-state index is 12.8. The van der Waals surface area contributed by atoms with Gasteiger partial charge in [0.15, 0.2) is 0 Å². The van der Waals surface area contributed by atoms with Crippen molar-refractivity contribution in [2.45, 2.75) is 31.0 Å². The Labute approximate surface area is 150 Å². The van der Waals surface area contributed by atoms with Crippen molar-refractivity contribution in [1.82, 2.24) is 20.2 Å². The second-order valence-electron chi connectivity index (χ2n) is 6.06. The minimum Gasteiger partial charge on any atom is -0.311 e. The average Bonchev–Trinajstić information content (AvgIpc) is 3.38. The van der Waals surface area contributed by atoms with E-state index in [0.29, 0.717) is 18.3 Å². The van der Waals surface area contributed by atoms with Crippen molar-refractivity contribution in [3.63, 3.8) is 0 Å². The second-order valence-corrected chi connectivity index (χ2v) is 7.00. The van der Waals surface area contributed by atoms with Crippen LogP contribution in [0.1, 0.15) is 25.8 Å². The van der Waals surface area contributed by atoms with Crippen LogP contribution in [0.15, 0.2) is 47.6 Å². The molecule has 4 rings (SSSR count). The fourth-order valence-electron chi connectivity index (χ4n) is 2.96. The first-order valence-corrected chi connectivity index (χ1v) is 9.45. The molecule has 128 valence electrons. The van der Waals surface area contributed by atoms with Crippen molar-refractivity contribution in [1.29, 1.82) is 0 Å². The molecule has 1 amide bonds. The number of hydrogen-bond donors (Lipinski definition) is 0. The number of anilines is 1. The Balaban J connectivity index is 1.53. The number of carbonyl (C=O) groups is 1. The number of fused-ring (bicyclic) bond motifs is 1. The minimum absolute atomic E-state index is 0.0641. The van der Waals surface area contributed by atoms with E-state index in [-0.39, 0.29) is 5.91 Å². The zero-order valence-electron chi connectivity index (χ0n) is 14.0. The van der Waals surface area contributed by atoms with Crippen LogP contribution in [0.2, 0.25) is 0 Å². The summed E-state index contributed by atoms with van der Waals surface area (Å²) in [5.74, 6) is 0.388. The Morgan fingerprint density at radius 2 is 2.04 bits per heavy atom. The molecule has 0 bridgehead atoms. The van der Waals surface area contributed by atoms with Crippen molar-refractivity contribution in [3.05, 3.63) is 42.5 Å². The van der Waals surface area contributed by atoms with Gasteiger partial charge in [0.05, 0.1) is 17.5 Å². The fourth-order valence-corrected chi connectivity index (χ4v) is 3.78. The molecule has 6 nitrogen and oxygen atoms in total. The lowest BCUT2D eigenvalue weighted by Crippen LogP contribution is -2.32. The third-order valence-corrected chi connectivity index (χ3v) is 5.27. The van der Waals surface area contributed by atoms with Gasteiger partial charge < -0.3 is 4.90 Å². The molecule has 7 heteroatoms. The van der Waals surface area contributed by atoms with Crippen LogP contribution in [0.3, 0.4) is 0 Å². The summed E-state index contributed by atoms with van der Waals surface area (Å²) in [7, 11) is 0. The Morgan fingerprint density at radius 3 is 2.84 bits per heavy atom. The lowest BCUT2D eigenvalue weighted by atomic mass is 10.1. The van der Waals surface area contributed by atoms with Gasteiger partial charge in [-0.1, -0.05) is 48.2 Å². The maximum atomic E-state index is 12.8. The predicted molar refractivity (Wildman–Crippen MR) is 98.8 cm³/mol. The van der Waals surface area contributed by atoms with E-state index in [2.05, 4.69) is 33.7 Å². The van der Waals surface area contributed by atoms with Crippen molar-refractivity contribution in [3.8, 4) is 0 Å². The normalized spacial score (nSPS) is 14.0. The first-order valence-electron chi connectivity index (χ1n) is 8.46. The molecular weight excluding hydrogens is 334 g/mol. The topological polar surface area (TPSA) is 63.9 Å². The van der Waals surface area contributed by atoms with E-state index in [1.54, 1.807) is 0 Å². The van der Waals surface area contributed by atoms with Crippen LogP contribution in [0.25, 0.3) is 10.8 Å². The molecule has 3 aromatic rings. The summed E-state index contributed by atoms with van der Waals surface area (Å²) in [5, 5.41) is 14.8. The van der Waals surface area contributed by atoms with Crippen molar-refractivity contribution < 1.29 is 4.79 Å². The molecule has 0 N–H and O–H groups in total. The maximum Gasteiger partial charge on any atom is 0.237 e. The monoisotopic (exact) mass is 353 g/mol. The fraction of sp³-hybridized carbons (Fsp3) is 0.333. The molecule has 0 spiro atoms. The Bertz CT molecular complexity index is 900. The molecule has 0 atom stereocenters. The number of benzene rings is 2. The molecule has 1 heterocycles. The largest absolute Gasteiger partial charge is 0.311 e. The third-order valence-electron chi connectivity index (χ3n) is 4.35. The van der Waals surface area contributed by atoms with Crippen LogP contribution in [0, 0.1) is 0 Å². The average molecular weight is 353 g/mol. The molecule has 25 heavy (non-hydrogen) atoms. The summed E-state index contributed by atoms with van der Waals surface area (Å²) in [6.07, 6.45) is 2.23. The van der Waals surface area contributed by atoms with Crippen molar-refractivity contribution >= 4 is 34.1 Å². The molecule has 1 aromatic heterocycles.